The van der Waals surface area contributed by atoms with E-state index in [4.69, 9.17) is 23.2 Å². The highest BCUT2D eigenvalue weighted by molar-refractivity contribution is 6.43. The number of hydrogen-bond acceptors (Lipinski definition) is 4. The molecule has 1 saturated carbocycles. The summed E-state index contributed by atoms with van der Waals surface area (Å²) in [4.78, 5) is 11.6. The van der Waals surface area contributed by atoms with Crippen LogP contribution in [0.1, 0.15) is 12.8 Å². The van der Waals surface area contributed by atoms with Gasteiger partial charge in [0, 0.05) is 6.04 Å². The number of benzene rings is 1. The summed E-state index contributed by atoms with van der Waals surface area (Å²) in [5.74, 6) is 0.873. The molecule has 1 heterocycles. The molecule has 0 saturated heterocycles. The number of carbonyl (C=O) groups excluding carboxylic acids is 1. The second-order valence-electron chi connectivity index (χ2n) is 4.90. The van der Waals surface area contributed by atoms with Crippen molar-refractivity contribution in [3.8, 4) is 0 Å². The van der Waals surface area contributed by atoms with Gasteiger partial charge in [0.25, 0.3) is 0 Å². The first-order valence-electron chi connectivity index (χ1n) is 6.74. The molecule has 3 N–H and O–H groups in total. The van der Waals surface area contributed by atoms with Crippen LogP contribution in [-0.4, -0.2) is 22.3 Å². The molecule has 6 nitrogen and oxygen atoms in total. The van der Waals surface area contributed by atoms with E-state index in [9.17, 15) is 4.79 Å². The fourth-order valence-electron chi connectivity index (χ4n) is 1.77. The number of nitrogens with zero attached hydrogens (tertiary/aromatic N) is 2. The van der Waals surface area contributed by atoms with E-state index in [2.05, 4.69) is 26.1 Å². The van der Waals surface area contributed by atoms with E-state index in [0.29, 0.717) is 33.4 Å². The van der Waals surface area contributed by atoms with Gasteiger partial charge in [-0.25, -0.2) is 4.79 Å². The zero-order valence-electron chi connectivity index (χ0n) is 11.4. The first-order chi connectivity index (χ1) is 10.6. The molecule has 22 heavy (non-hydrogen) atoms. The highest BCUT2D eigenvalue weighted by atomic mass is 35.5. The first kappa shape index (κ1) is 14.9. The van der Waals surface area contributed by atoms with E-state index in [1.165, 1.54) is 0 Å². The molecule has 0 radical (unpaired) electrons. The van der Waals surface area contributed by atoms with Crippen LogP contribution in [0.4, 0.5) is 22.1 Å². The van der Waals surface area contributed by atoms with Crippen LogP contribution in [0.5, 0.6) is 0 Å². The third kappa shape index (κ3) is 3.78. The van der Waals surface area contributed by atoms with Crippen LogP contribution >= 0.6 is 23.2 Å². The minimum Gasteiger partial charge on any atom is -0.337 e. The quantitative estimate of drug-likeness (QED) is 0.792. The van der Waals surface area contributed by atoms with Gasteiger partial charge < -0.3 is 10.6 Å². The van der Waals surface area contributed by atoms with Gasteiger partial charge in [0.05, 0.1) is 15.7 Å². The lowest BCUT2D eigenvalue weighted by molar-refractivity contribution is 0.251. The molecule has 8 heteroatoms. The van der Waals surface area contributed by atoms with Crippen molar-refractivity contribution in [2.75, 3.05) is 10.6 Å². The standard InChI is InChI=1S/C14H13Cl2N5O/c15-9-2-1-3-10(13(9)16)18-11-6-7-12(21-20-11)19-14(22)17-8-4-5-8/h1-3,6-8H,4-5H2,(H,18,20)(H2,17,19,21,22). The second kappa shape index (κ2) is 6.37. The number of carbonyl (C=O) groups is 1. The summed E-state index contributed by atoms with van der Waals surface area (Å²) in [7, 11) is 0. The van der Waals surface area contributed by atoms with Crippen LogP contribution in [0.15, 0.2) is 30.3 Å². The largest absolute Gasteiger partial charge is 0.337 e. The molecular formula is C14H13Cl2N5O. The predicted molar refractivity (Wildman–Crippen MR) is 87.0 cm³/mol. The number of halogens is 2. The maximum absolute atomic E-state index is 11.6. The number of rotatable bonds is 4. The zero-order chi connectivity index (χ0) is 15.5. The maximum atomic E-state index is 11.6. The minimum absolute atomic E-state index is 0.268. The van der Waals surface area contributed by atoms with Gasteiger partial charge in [-0.3, -0.25) is 5.32 Å². The molecule has 2 amide bonds. The molecule has 0 spiro atoms. The molecule has 1 aliphatic rings. The van der Waals surface area contributed by atoms with Gasteiger partial charge in [-0.2, -0.15) is 0 Å². The Morgan fingerprint density at radius 2 is 1.82 bits per heavy atom. The second-order valence-corrected chi connectivity index (χ2v) is 5.69. The van der Waals surface area contributed by atoms with Crippen LogP contribution in [-0.2, 0) is 0 Å². The van der Waals surface area contributed by atoms with E-state index in [1.54, 1.807) is 30.3 Å². The van der Waals surface area contributed by atoms with Crippen LogP contribution in [0.25, 0.3) is 0 Å². The van der Waals surface area contributed by atoms with Gasteiger partial charge in [-0.15, -0.1) is 10.2 Å². The normalized spacial score (nSPS) is 13.5. The van der Waals surface area contributed by atoms with Crippen molar-refractivity contribution in [3.63, 3.8) is 0 Å². The lowest BCUT2D eigenvalue weighted by Crippen LogP contribution is -2.30. The van der Waals surface area contributed by atoms with Gasteiger partial charge in [0.2, 0.25) is 0 Å². The molecule has 1 aliphatic carbocycles. The molecule has 3 rings (SSSR count). The number of nitrogens with one attached hydrogen (secondary N) is 3. The smallest absolute Gasteiger partial charge is 0.320 e. The van der Waals surface area contributed by atoms with E-state index in [-0.39, 0.29) is 6.03 Å². The van der Waals surface area contributed by atoms with Crippen molar-refractivity contribution < 1.29 is 4.79 Å². The minimum atomic E-state index is -0.268. The molecule has 1 aromatic heterocycles. The Morgan fingerprint density at radius 1 is 1.09 bits per heavy atom. The van der Waals surface area contributed by atoms with Crippen molar-refractivity contribution in [1.82, 2.24) is 15.5 Å². The Hall–Kier alpha value is -2.05. The zero-order valence-corrected chi connectivity index (χ0v) is 12.9. The lowest BCUT2D eigenvalue weighted by atomic mass is 10.3. The summed E-state index contributed by atoms with van der Waals surface area (Å²) in [6.07, 6.45) is 2.06. The summed E-state index contributed by atoms with van der Waals surface area (Å²) < 4.78 is 0. The number of anilines is 3. The predicted octanol–water partition coefficient (Wildman–Crippen LogP) is 3.81. The van der Waals surface area contributed by atoms with Gasteiger partial charge in [-0.1, -0.05) is 29.3 Å². The third-order valence-corrected chi connectivity index (χ3v) is 3.85. The molecule has 0 bridgehead atoms. The Morgan fingerprint density at radius 3 is 2.50 bits per heavy atom. The number of amides is 2. The summed E-state index contributed by atoms with van der Waals surface area (Å²) in [6.45, 7) is 0. The molecule has 0 atom stereocenters. The topological polar surface area (TPSA) is 78.9 Å². The average Bonchev–Trinajstić information content (AvgIpc) is 3.30. The average molecular weight is 338 g/mol. The summed E-state index contributed by atoms with van der Waals surface area (Å²) in [5.41, 5.74) is 0.635. The van der Waals surface area contributed by atoms with Crippen molar-refractivity contribution in [2.45, 2.75) is 18.9 Å². The van der Waals surface area contributed by atoms with E-state index >= 15 is 0 Å². The van der Waals surface area contributed by atoms with E-state index in [1.807, 2.05) is 0 Å². The number of aromatic nitrogens is 2. The van der Waals surface area contributed by atoms with E-state index in [0.717, 1.165) is 12.8 Å². The maximum Gasteiger partial charge on any atom is 0.320 e. The van der Waals surface area contributed by atoms with Crippen LogP contribution in [0, 0.1) is 0 Å². The Balaban J connectivity index is 1.63. The Labute approximate surface area is 137 Å². The van der Waals surface area contributed by atoms with Crippen molar-refractivity contribution in [1.29, 1.82) is 0 Å². The number of urea groups is 1. The molecule has 2 aromatic rings. The van der Waals surface area contributed by atoms with Gasteiger partial charge >= 0.3 is 6.03 Å². The Bertz CT molecular complexity index is 688. The molecular weight excluding hydrogens is 325 g/mol. The lowest BCUT2D eigenvalue weighted by Gasteiger charge is -2.09. The van der Waals surface area contributed by atoms with Crippen LogP contribution in [0.2, 0.25) is 10.0 Å². The molecule has 1 aromatic carbocycles. The van der Waals surface area contributed by atoms with Crippen molar-refractivity contribution >= 4 is 46.6 Å². The SMILES string of the molecule is O=C(Nc1ccc(Nc2cccc(Cl)c2Cl)nn1)NC1CC1. The summed E-state index contributed by atoms with van der Waals surface area (Å²) in [6, 6.07) is 8.63. The molecule has 0 aliphatic heterocycles. The highest BCUT2D eigenvalue weighted by Crippen LogP contribution is 2.31. The third-order valence-electron chi connectivity index (χ3n) is 3.03. The van der Waals surface area contributed by atoms with Gasteiger partial charge in [0.1, 0.15) is 0 Å². The molecule has 114 valence electrons. The highest BCUT2D eigenvalue weighted by Gasteiger charge is 2.23. The van der Waals surface area contributed by atoms with Crippen molar-refractivity contribution in [3.05, 3.63) is 40.4 Å². The first-order valence-corrected chi connectivity index (χ1v) is 7.50. The van der Waals surface area contributed by atoms with Crippen LogP contribution < -0.4 is 16.0 Å². The number of hydrogen-bond donors (Lipinski definition) is 3. The Kier molecular flexibility index (Phi) is 4.31. The monoisotopic (exact) mass is 337 g/mol. The molecule has 1 fully saturated rings. The summed E-state index contributed by atoms with van der Waals surface area (Å²) in [5, 5.41) is 17.2. The van der Waals surface area contributed by atoms with Gasteiger partial charge in [0.15, 0.2) is 11.6 Å². The van der Waals surface area contributed by atoms with E-state index < -0.39 is 0 Å². The van der Waals surface area contributed by atoms with Crippen LogP contribution in [0.3, 0.4) is 0 Å². The molecule has 0 unspecified atom stereocenters. The van der Waals surface area contributed by atoms with Crippen molar-refractivity contribution in [2.24, 2.45) is 0 Å². The van der Waals surface area contributed by atoms with Gasteiger partial charge in [-0.05, 0) is 37.1 Å². The summed E-state index contributed by atoms with van der Waals surface area (Å²) >= 11 is 12.0. The fraction of sp³-hybridized carbons (Fsp3) is 0.214. The fourth-order valence-corrected chi connectivity index (χ4v) is 2.12.